The van der Waals surface area contributed by atoms with Crippen LogP contribution in [0, 0.1) is 9.39 Å². The number of aliphatic hydroxyl groups excluding tert-OH is 2. The van der Waals surface area contributed by atoms with Gasteiger partial charge < -0.3 is 15.5 Å². The minimum atomic E-state index is -1.14. The number of rotatable bonds is 7. The Hall–Kier alpha value is -1.17. The fourth-order valence-corrected chi connectivity index (χ4v) is 2.95. The van der Waals surface area contributed by atoms with E-state index in [1.54, 1.807) is 18.2 Å². The first kappa shape index (κ1) is 21.1. The molecule has 1 atom stereocenters. The van der Waals surface area contributed by atoms with Gasteiger partial charge in [0.15, 0.2) is 0 Å². The highest BCUT2D eigenvalue weighted by molar-refractivity contribution is 14.1. The Morgan fingerprint density at radius 2 is 1.96 bits per heavy atom. The van der Waals surface area contributed by atoms with E-state index >= 15 is 0 Å². The second-order valence-corrected chi connectivity index (χ2v) is 7.20. The summed E-state index contributed by atoms with van der Waals surface area (Å²) in [5, 5.41) is 20.9. The molecule has 0 aliphatic rings. The lowest BCUT2D eigenvalue weighted by Gasteiger charge is -2.15. The first-order valence-corrected chi connectivity index (χ1v) is 9.07. The number of hydrogen-bond acceptors (Lipinski definition) is 5. The number of amides is 1. The third-order valence-corrected chi connectivity index (χ3v) is 4.43. The van der Waals surface area contributed by atoms with Crippen LogP contribution in [0.1, 0.15) is 10.4 Å². The standard InChI is InChI=1S/C16H14Cl2FIN2O4/c17-11-4-10(16(25)22-26-7-9(24)6-23)15(5-13(11)19)21-14-2-1-8(20)3-12(14)18/h1-5,9,21,23-24H,6-7H2,(H,22,25). The number of aliphatic hydroxyl groups is 2. The summed E-state index contributed by atoms with van der Waals surface area (Å²) in [5.74, 6) is -1.44. The molecule has 0 heterocycles. The number of carbonyl (C=O) groups is 1. The van der Waals surface area contributed by atoms with Crippen LogP contribution in [0.4, 0.5) is 15.8 Å². The van der Waals surface area contributed by atoms with Crippen LogP contribution >= 0.6 is 45.8 Å². The highest BCUT2D eigenvalue weighted by atomic mass is 127. The fourth-order valence-electron chi connectivity index (χ4n) is 1.89. The van der Waals surface area contributed by atoms with E-state index in [4.69, 9.17) is 33.1 Å². The topological polar surface area (TPSA) is 90.8 Å². The first-order chi connectivity index (χ1) is 12.3. The molecule has 0 bridgehead atoms. The van der Waals surface area contributed by atoms with Gasteiger partial charge in [-0.15, -0.1) is 0 Å². The van der Waals surface area contributed by atoms with E-state index in [1.165, 1.54) is 0 Å². The lowest BCUT2D eigenvalue weighted by molar-refractivity contribution is -0.0295. The number of anilines is 2. The highest BCUT2D eigenvalue weighted by Gasteiger charge is 2.17. The third-order valence-electron chi connectivity index (χ3n) is 3.16. The summed E-state index contributed by atoms with van der Waals surface area (Å²) in [6.07, 6.45) is -1.14. The Morgan fingerprint density at radius 1 is 1.23 bits per heavy atom. The van der Waals surface area contributed by atoms with Crippen molar-refractivity contribution in [3.63, 3.8) is 0 Å². The Kier molecular flexibility index (Phi) is 7.86. The molecule has 0 spiro atoms. The van der Waals surface area contributed by atoms with Crippen LogP contribution < -0.4 is 10.8 Å². The van der Waals surface area contributed by atoms with Crippen LogP contribution in [0.5, 0.6) is 0 Å². The summed E-state index contributed by atoms with van der Waals surface area (Å²) in [6, 6.07) is 7.39. The molecule has 26 heavy (non-hydrogen) atoms. The van der Waals surface area contributed by atoms with Gasteiger partial charge >= 0.3 is 0 Å². The van der Waals surface area contributed by atoms with Crippen LogP contribution in [0.25, 0.3) is 0 Å². The third kappa shape index (κ3) is 5.66. The summed E-state index contributed by atoms with van der Waals surface area (Å²) in [5.41, 5.74) is 2.70. The Labute approximate surface area is 172 Å². The Bertz CT molecular complexity index is 810. The normalized spacial score (nSPS) is 11.9. The maximum Gasteiger partial charge on any atom is 0.277 e. The molecule has 6 nitrogen and oxygen atoms in total. The zero-order valence-corrected chi connectivity index (χ0v) is 16.8. The van der Waals surface area contributed by atoms with Crippen molar-refractivity contribution < 1.29 is 24.2 Å². The van der Waals surface area contributed by atoms with E-state index in [0.29, 0.717) is 10.7 Å². The average molecular weight is 515 g/mol. The zero-order valence-electron chi connectivity index (χ0n) is 13.1. The maximum absolute atomic E-state index is 13.9. The van der Waals surface area contributed by atoms with Crippen molar-refractivity contribution >= 4 is 63.1 Å². The number of hydrogen-bond donors (Lipinski definition) is 4. The van der Waals surface area contributed by atoms with Crippen molar-refractivity contribution in [1.29, 1.82) is 0 Å². The molecule has 0 saturated carbocycles. The first-order valence-electron chi connectivity index (χ1n) is 7.24. The second-order valence-electron chi connectivity index (χ2n) is 5.14. The van der Waals surface area contributed by atoms with E-state index in [1.807, 2.05) is 0 Å². The molecule has 10 heteroatoms. The lowest BCUT2D eigenvalue weighted by atomic mass is 10.1. The zero-order chi connectivity index (χ0) is 19.3. The molecule has 140 valence electrons. The summed E-state index contributed by atoms with van der Waals surface area (Å²) in [7, 11) is 0. The van der Waals surface area contributed by atoms with E-state index in [0.717, 1.165) is 15.7 Å². The fraction of sp³-hybridized carbons (Fsp3) is 0.188. The second kappa shape index (κ2) is 9.67. The molecule has 2 aromatic rings. The van der Waals surface area contributed by atoms with Gasteiger partial charge in [0.25, 0.3) is 5.91 Å². The van der Waals surface area contributed by atoms with Crippen molar-refractivity contribution in [1.82, 2.24) is 5.48 Å². The average Bonchev–Trinajstić information content (AvgIpc) is 2.59. The molecule has 0 radical (unpaired) electrons. The molecular weight excluding hydrogens is 501 g/mol. The molecule has 1 amide bonds. The highest BCUT2D eigenvalue weighted by Crippen LogP contribution is 2.31. The van der Waals surface area contributed by atoms with Crippen LogP contribution in [0.15, 0.2) is 30.3 Å². The number of nitrogens with one attached hydrogen (secondary N) is 2. The van der Waals surface area contributed by atoms with Crippen LogP contribution in [0.2, 0.25) is 10.0 Å². The summed E-state index contributed by atoms with van der Waals surface area (Å²) < 4.78 is 14.8. The van der Waals surface area contributed by atoms with Crippen LogP contribution in [-0.4, -0.2) is 35.4 Å². The van der Waals surface area contributed by atoms with Crippen LogP contribution in [0.3, 0.4) is 0 Å². The molecule has 0 aliphatic heterocycles. The van der Waals surface area contributed by atoms with Crippen molar-refractivity contribution in [2.24, 2.45) is 0 Å². The molecule has 4 N–H and O–H groups in total. The van der Waals surface area contributed by atoms with E-state index in [2.05, 4.69) is 33.4 Å². The van der Waals surface area contributed by atoms with Gasteiger partial charge in [0.05, 0.1) is 33.6 Å². The minimum Gasteiger partial charge on any atom is -0.394 e. The Balaban J connectivity index is 2.25. The number of halogens is 4. The largest absolute Gasteiger partial charge is 0.394 e. The molecule has 0 aliphatic carbocycles. The van der Waals surface area contributed by atoms with E-state index < -0.39 is 24.4 Å². The van der Waals surface area contributed by atoms with Gasteiger partial charge in [-0.25, -0.2) is 9.87 Å². The quantitative estimate of drug-likeness (QED) is 0.335. The molecule has 2 aromatic carbocycles. The van der Waals surface area contributed by atoms with Gasteiger partial charge in [-0.2, -0.15) is 0 Å². The number of hydroxylamine groups is 1. The van der Waals surface area contributed by atoms with Gasteiger partial charge in [0, 0.05) is 3.57 Å². The Morgan fingerprint density at radius 3 is 2.62 bits per heavy atom. The summed E-state index contributed by atoms with van der Waals surface area (Å²) >= 11 is 14.0. The molecular formula is C16H14Cl2FIN2O4. The van der Waals surface area contributed by atoms with Gasteiger partial charge in [0.2, 0.25) is 0 Å². The van der Waals surface area contributed by atoms with Crippen molar-refractivity contribution in [3.05, 3.63) is 55.3 Å². The maximum atomic E-state index is 13.9. The molecule has 0 fully saturated rings. The van der Waals surface area contributed by atoms with Gasteiger partial charge in [-0.05, 0) is 52.9 Å². The van der Waals surface area contributed by atoms with Crippen molar-refractivity contribution in [2.45, 2.75) is 6.10 Å². The smallest absolute Gasteiger partial charge is 0.277 e. The van der Waals surface area contributed by atoms with E-state index in [9.17, 15) is 14.3 Å². The summed E-state index contributed by atoms with van der Waals surface area (Å²) in [4.78, 5) is 17.1. The van der Waals surface area contributed by atoms with Gasteiger partial charge in [-0.3, -0.25) is 9.63 Å². The minimum absolute atomic E-state index is 0.00417. The van der Waals surface area contributed by atoms with Gasteiger partial charge in [0.1, 0.15) is 18.5 Å². The molecule has 2 rings (SSSR count). The molecule has 1 unspecified atom stereocenters. The van der Waals surface area contributed by atoms with Crippen molar-refractivity contribution in [2.75, 3.05) is 18.5 Å². The molecule has 0 aromatic heterocycles. The number of benzene rings is 2. The van der Waals surface area contributed by atoms with E-state index in [-0.39, 0.29) is 22.9 Å². The number of carbonyl (C=O) groups excluding carboxylic acids is 1. The van der Waals surface area contributed by atoms with Crippen LogP contribution in [-0.2, 0) is 4.84 Å². The van der Waals surface area contributed by atoms with Gasteiger partial charge in [-0.1, -0.05) is 23.2 Å². The molecule has 0 saturated heterocycles. The summed E-state index contributed by atoms with van der Waals surface area (Å²) in [6.45, 7) is -0.834. The van der Waals surface area contributed by atoms with Crippen molar-refractivity contribution in [3.8, 4) is 0 Å². The SMILES string of the molecule is O=C(NOCC(O)CO)c1cc(Cl)c(F)cc1Nc1ccc(I)cc1Cl. The lowest BCUT2D eigenvalue weighted by Crippen LogP contribution is -2.30. The monoisotopic (exact) mass is 514 g/mol. The predicted octanol–water partition coefficient (Wildman–Crippen LogP) is 3.50. The predicted molar refractivity (Wildman–Crippen MR) is 105 cm³/mol.